The molecule has 2 amide bonds. The average Bonchev–Trinajstić information content (AvgIpc) is 3.05. The molecule has 0 fully saturated rings. The van der Waals surface area contributed by atoms with Crippen molar-refractivity contribution < 1.29 is 22.9 Å². The van der Waals surface area contributed by atoms with Crippen molar-refractivity contribution in [3.8, 4) is 0 Å². The highest BCUT2D eigenvalue weighted by atomic mass is 35.5. The largest absolute Gasteiger partial charge is 0.354 e. The van der Waals surface area contributed by atoms with Crippen LogP contribution in [0.15, 0.2) is 114 Å². The van der Waals surface area contributed by atoms with Crippen LogP contribution in [0.5, 0.6) is 0 Å². The predicted octanol–water partition coefficient (Wildman–Crippen LogP) is 5.86. The third-order valence-electron chi connectivity index (χ3n) is 7.18. The van der Waals surface area contributed by atoms with Gasteiger partial charge in [-0.15, -0.1) is 0 Å². The van der Waals surface area contributed by atoms with Crippen LogP contribution in [0.1, 0.15) is 25.0 Å². The lowest BCUT2D eigenvalue weighted by Crippen LogP contribution is -2.53. The van der Waals surface area contributed by atoms with Crippen LogP contribution in [0.3, 0.4) is 0 Å². The van der Waals surface area contributed by atoms with Gasteiger partial charge >= 0.3 is 0 Å². The molecule has 240 valence electrons. The Kier molecular flexibility index (Phi) is 11.5. The van der Waals surface area contributed by atoms with Gasteiger partial charge in [-0.1, -0.05) is 86.1 Å². The summed E-state index contributed by atoms with van der Waals surface area (Å²) in [7, 11) is -4.32. The van der Waals surface area contributed by atoms with E-state index in [0.717, 1.165) is 9.87 Å². The van der Waals surface area contributed by atoms with Crippen molar-refractivity contribution in [2.24, 2.45) is 5.92 Å². The molecule has 0 radical (unpaired) electrons. The van der Waals surface area contributed by atoms with E-state index in [1.54, 1.807) is 42.5 Å². The molecule has 1 N–H and O–H groups in total. The molecule has 0 saturated heterocycles. The number of hydrogen-bond acceptors (Lipinski definition) is 6. The van der Waals surface area contributed by atoms with E-state index in [-0.39, 0.29) is 41.1 Å². The highest BCUT2D eigenvalue weighted by Crippen LogP contribution is 2.27. The van der Waals surface area contributed by atoms with Crippen LogP contribution in [-0.2, 0) is 32.6 Å². The van der Waals surface area contributed by atoms with Crippen molar-refractivity contribution in [2.45, 2.75) is 37.8 Å². The molecule has 0 aromatic heterocycles. The van der Waals surface area contributed by atoms with Crippen molar-refractivity contribution in [3.05, 3.63) is 135 Å². The normalized spacial score (nSPS) is 11.9. The third-order valence-corrected chi connectivity index (χ3v) is 9.22. The summed E-state index contributed by atoms with van der Waals surface area (Å²) in [5.41, 5.74) is 1.31. The number of anilines is 1. The maximum atomic E-state index is 14.4. The number of halogens is 1. The Morgan fingerprint density at radius 3 is 2.00 bits per heavy atom. The van der Waals surface area contributed by atoms with Crippen molar-refractivity contribution in [3.63, 3.8) is 0 Å². The van der Waals surface area contributed by atoms with E-state index in [1.807, 2.05) is 44.2 Å². The maximum Gasteiger partial charge on any atom is 0.269 e. The standard InChI is InChI=1S/C34H35ClN4O6S/c1-25(2)22-36-34(41)32(21-26-9-5-3-6-10-26)37(23-27-13-15-28(35)16-14-27)33(40)24-38(29-17-19-30(20-18-29)39(42)43)46(44,45)31-11-7-4-8-12-31/h3-20,25,32H,21-24H2,1-2H3,(H,36,41). The van der Waals surface area contributed by atoms with Gasteiger partial charge in [-0.05, 0) is 53.4 Å². The van der Waals surface area contributed by atoms with Gasteiger partial charge in [-0.3, -0.25) is 24.0 Å². The summed E-state index contributed by atoms with van der Waals surface area (Å²) in [6.07, 6.45) is 0.174. The Morgan fingerprint density at radius 2 is 1.43 bits per heavy atom. The van der Waals surface area contributed by atoms with Crippen molar-refractivity contribution in [2.75, 3.05) is 17.4 Å². The fourth-order valence-electron chi connectivity index (χ4n) is 4.75. The molecular formula is C34H35ClN4O6S. The summed E-state index contributed by atoms with van der Waals surface area (Å²) in [4.78, 5) is 40.3. The smallest absolute Gasteiger partial charge is 0.269 e. The van der Waals surface area contributed by atoms with Crippen LogP contribution in [0.2, 0.25) is 5.02 Å². The lowest BCUT2D eigenvalue weighted by Gasteiger charge is -2.34. The zero-order valence-corrected chi connectivity index (χ0v) is 27.0. The quantitative estimate of drug-likeness (QED) is 0.133. The van der Waals surface area contributed by atoms with Gasteiger partial charge in [0.2, 0.25) is 11.8 Å². The van der Waals surface area contributed by atoms with E-state index in [1.165, 1.54) is 41.3 Å². The maximum absolute atomic E-state index is 14.4. The SMILES string of the molecule is CC(C)CNC(=O)C(Cc1ccccc1)N(Cc1ccc(Cl)cc1)C(=O)CN(c1ccc([N+](=O)[O-])cc1)S(=O)(=O)c1ccccc1. The van der Waals surface area contributed by atoms with E-state index in [4.69, 9.17) is 11.6 Å². The molecule has 4 rings (SSSR count). The van der Waals surface area contributed by atoms with Crippen LogP contribution >= 0.6 is 11.6 Å². The molecule has 0 spiro atoms. The molecule has 4 aromatic rings. The molecule has 4 aromatic carbocycles. The molecular weight excluding hydrogens is 628 g/mol. The van der Waals surface area contributed by atoms with E-state index < -0.39 is 33.4 Å². The van der Waals surface area contributed by atoms with Crippen LogP contribution in [-0.4, -0.2) is 49.2 Å². The first-order valence-corrected chi connectivity index (χ1v) is 16.5. The second-order valence-corrected chi connectivity index (χ2v) is 13.4. The first-order valence-electron chi connectivity index (χ1n) is 14.6. The van der Waals surface area contributed by atoms with Crippen LogP contribution in [0.4, 0.5) is 11.4 Å². The van der Waals surface area contributed by atoms with Crippen molar-refractivity contribution in [1.82, 2.24) is 10.2 Å². The summed E-state index contributed by atoms with van der Waals surface area (Å²) in [6.45, 7) is 3.61. The number of carbonyl (C=O) groups is 2. The number of amides is 2. The lowest BCUT2D eigenvalue weighted by atomic mass is 10.0. The third kappa shape index (κ3) is 8.92. The molecule has 12 heteroatoms. The second-order valence-electron chi connectivity index (χ2n) is 11.1. The highest BCUT2D eigenvalue weighted by molar-refractivity contribution is 7.92. The summed E-state index contributed by atoms with van der Waals surface area (Å²) >= 11 is 6.12. The van der Waals surface area contributed by atoms with Gasteiger partial charge in [0.1, 0.15) is 12.6 Å². The molecule has 0 aliphatic rings. The summed E-state index contributed by atoms with van der Waals surface area (Å²) in [6, 6.07) is 27.6. The number of nitro groups is 1. The molecule has 10 nitrogen and oxygen atoms in total. The number of rotatable bonds is 14. The molecule has 0 bridgehead atoms. The zero-order valence-electron chi connectivity index (χ0n) is 25.5. The lowest BCUT2D eigenvalue weighted by molar-refractivity contribution is -0.384. The Bertz CT molecular complexity index is 1740. The highest BCUT2D eigenvalue weighted by Gasteiger charge is 2.34. The predicted molar refractivity (Wildman–Crippen MR) is 178 cm³/mol. The molecule has 0 aliphatic heterocycles. The minimum Gasteiger partial charge on any atom is -0.354 e. The average molecular weight is 663 g/mol. The number of nitrogens with zero attached hydrogens (tertiary/aromatic N) is 3. The van der Waals surface area contributed by atoms with Gasteiger partial charge in [-0.2, -0.15) is 0 Å². The van der Waals surface area contributed by atoms with Gasteiger partial charge in [0.25, 0.3) is 15.7 Å². The Morgan fingerprint density at radius 1 is 0.848 bits per heavy atom. The second kappa shape index (κ2) is 15.5. The number of nitrogens with one attached hydrogen (secondary N) is 1. The van der Waals surface area contributed by atoms with E-state index in [0.29, 0.717) is 17.1 Å². The molecule has 0 heterocycles. The Balaban J connectivity index is 1.80. The van der Waals surface area contributed by atoms with Gasteiger partial charge in [-0.25, -0.2) is 8.42 Å². The fourth-order valence-corrected chi connectivity index (χ4v) is 6.31. The van der Waals surface area contributed by atoms with Crippen molar-refractivity contribution >= 4 is 44.8 Å². The van der Waals surface area contributed by atoms with E-state index in [9.17, 15) is 28.1 Å². The number of nitro benzene ring substituents is 1. The topological polar surface area (TPSA) is 130 Å². The van der Waals surface area contributed by atoms with Gasteiger partial charge in [0.15, 0.2) is 0 Å². The molecule has 1 atom stereocenters. The summed E-state index contributed by atoms with van der Waals surface area (Å²) in [5.74, 6) is -0.878. The number of hydrogen-bond donors (Lipinski definition) is 1. The minimum absolute atomic E-state index is 0.0118. The molecule has 0 aliphatic carbocycles. The van der Waals surface area contributed by atoms with Gasteiger partial charge in [0, 0.05) is 36.7 Å². The number of benzene rings is 4. The summed E-state index contributed by atoms with van der Waals surface area (Å²) < 4.78 is 28.9. The monoisotopic (exact) mass is 662 g/mol. The van der Waals surface area contributed by atoms with Gasteiger partial charge < -0.3 is 10.2 Å². The van der Waals surface area contributed by atoms with Gasteiger partial charge in [0.05, 0.1) is 15.5 Å². The number of carbonyl (C=O) groups excluding carboxylic acids is 2. The minimum atomic E-state index is -4.32. The van der Waals surface area contributed by atoms with E-state index in [2.05, 4.69) is 5.32 Å². The number of sulfonamides is 1. The van der Waals surface area contributed by atoms with Crippen LogP contribution in [0, 0.1) is 16.0 Å². The van der Waals surface area contributed by atoms with Crippen LogP contribution in [0.25, 0.3) is 0 Å². The first-order chi connectivity index (χ1) is 22.0. The molecule has 46 heavy (non-hydrogen) atoms. The number of non-ortho nitro benzene ring substituents is 1. The first kappa shape index (κ1) is 34.1. The Labute approximate surface area is 273 Å². The van der Waals surface area contributed by atoms with Crippen molar-refractivity contribution in [1.29, 1.82) is 0 Å². The fraction of sp³-hybridized carbons (Fsp3) is 0.235. The Hall–Kier alpha value is -4.74. The molecule has 0 saturated carbocycles. The molecule has 1 unspecified atom stereocenters. The van der Waals surface area contributed by atoms with Crippen LogP contribution < -0.4 is 9.62 Å². The van der Waals surface area contributed by atoms with E-state index >= 15 is 0 Å². The summed E-state index contributed by atoms with van der Waals surface area (Å²) in [5, 5.41) is 14.7. The zero-order chi connectivity index (χ0) is 33.3.